The van der Waals surface area contributed by atoms with Gasteiger partial charge >= 0.3 is 6.09 Å². The van der Waals surface area contributed by atoms with Gasteiger partial charge in [0.1, 0.15) is 5.60 Å². The molecule has 2 fully saturated rings. The van der Waals surface area contributed by atoms with E-state index < -0.39 is 5.60 Å². The fourth-order valence-corrected chi connectivity index (χ4v) is 3.65. The zero-order chi connectivity index (χ0) is 18.9. The molecule has 0 radical (unpaired) electrons. The third-order valence-corrected chi connectivity index (χ3v) is 5.22. The Morgan fingerprint density at radius 1 is 1.22 bits per heavy atom. The number of likely N-dealkylation sites (tertiary alicyclic amines) is 1. The molecule has 2 aliphatic heterocycles. The molecule has 2 aromatic rings. The maximum Gasteiger partial charge on any atom is 0.410 e. The van der Waals surface area contributed by atoms with Crippen LogP contribution in [0.2, 0.25) is 0 Å². The number of piperidine rings is 1. The monoisotopic (exact) mass is 370 g/mol. The molecule has 0 unspecified atom stereocenters. The van der Waals surface area contributed by atoms with E-state index >= 15 is 0 Å². The number of hydrogen-bond acceptors (Lipinski definition) is 6. The van der Waals surface area contributed by atoms with Gasteiger partial charge in [-0.05, 0) is 0 Å². The van der Waals surface area contributed by atoms with Gasteiger partial charge in [0.05, 0.1) is 6.54 Å². The van der Waals surface area contributed by atoms with Crippen LogP contribution in [0, 0.1) is 0 Å². The van der Waals surface area contributed by atoms with E-state index in [1.54, 1.807) is 11.9 Å². The highest BCUT2D eigenvalue weighted by molar-refractivity contribution is 5.76. The van der Waals surface area contributed by atoms with E-state index in [1.165, 1.54) is 0 Å². The number of aromatic nitrogens is 2. The summed E-state index contributed by atoms with van der Waals surface area (Å²) in [6.07, 6.45) is 1.81. The van der Waals surface area contributed by atoms with Crippen molar-refractivity contribution in [3.63, 3.8) is 0 Å². The average Bonchev–Trinajstić information content (AvgIpc) is 3.26. The molecule has 0 bridgehead atoms. The molecule has 0 atom stereocenters. The Bertz CT molecular complexity index is 827. The summed E-state index contributed by atoms with van der Waals surface area (Å²) in [5, 5.41) is 3.98. The summed E-state index contributed by atoms with van der Waals surface area (Å²) in [6, 6.07) is 9.58. The number of likely N-dealkylation sites (N-methyl/N-ethyl adjacent to an activating group) is 1. The number of hydrogen-bond donors (Lipinski definition) is 0. The van der Waals surface area contributed by atoms with Crippen molar-refractivity contribution >= 4 is 12.0 Å². The average molecular weight is 370 g/mol. The predicted molar refractivity (Wildman–Crippen MR) is 95.7 cm³/mol. The third kappa shape index (κ3) is 3.65. The number of carbonyl (C=O) groups excluding carboxylic acids is 2. The topological polar surface area (TPSA) is 88.8 Å². The van der Waals surface area contributed by atoms with E-state index in [0.29, 0.717) is 57.0 Å². The first-order valence-corrected chi connectivity index (χ1v) is 9.15. The Hall–Kier alpha value is -2.90. The lowest BCUT2D eigenvalue weighted by molar-refractivity contribution is -0.134. The maximum atomic E-state index is 12.5. The van der Waals surface area contributed by atoms with E-state index in [9.17, 15) is 9.59 Å². The van der Waals surface area contributed by atoms with E-state index in [0.717, 1.165) is 5.56 Å². The molecule has 8 nitrogen and oxygen atoms in total. The minimum Gasteiger partial charge on any atom is -0.441 e. The standard InChI is InChI=1S/C19H22N4O4/c1-22-13-19(26-18(22)25)9-11-23(12-10-19)16(24)8-7-15-20-17(21-27-15)14-5-3-2-4-6-14/h2-6H,7-13H2,1H3. The van der Waals surface area contributed by atoms with E-state index in [1.807, 2.05) is 35.2 Å². The second-order valence-corrected chi connectivity index (χ2v) is 7.17. The fourth-order valence-electron chi connectivity index (χ4n) is 3.65. The maximum absolute atomic E-state index is 12.5. The van der Waals surface area contributed by atoms with E-state index in [4.69, 9.17) is 9.26 Å². The second-order valence-electron chi connectivity index (χ2n) is 7.17. The van der Waals surface area contributed by atoms with E-state index in [-0.39, 0.29) is 12.0 Å². The first-order chi connectivity index (χ1) is 13.0. The Balaban J connectivity index is 1.28. The molecule has 2 amide bonds. The number of carbonyl (C=O) groups is 2. The first kappa shape index (κ1) is 17.5. The van der Waals surface area contributed by atoms with Crippen molar-refractivity contribution in [3.05, 3.63) is 36.2 Å². The van der Waals surface area contributed by atoms with Crippen molar-refractivity contribution in [1.29, 1.82) is 0 Å². The summed E-state index contributed by atoms with van der Waals surface area (Å²) in [4.78, 5) is 31.9. The highest BCUT2D eigenvalue weighted by Crippen LogP contribution is 2.32. The van der Waals surface area contributed by atoms with Crippen molar-refractivity contribution in [2.24, 2.45) is 0 Å². The summed E-state index contributed by atoms with van der Waals surface area (Å²) in [6.45, 7) is 1.79. The van der Waals surface area contributed by atoms with Crippen molar-refractivity contribution in [1.82, 2.24) is 19.9 Å². The molecule has 27 heavy (non-hydrogen) atoms. The molecule has 4 rings (SSSR count). The Kier molecular flexibility index (Phi) is 4.55. The Morgan fingerprint density at radius 3 is 2.63 bits per heavy atom. The molecule has 1 aromatic carbocycles. The van der Waals surface area contributed by atoms with Gasteiger partial charge in [-0.2, -0.15) is 4.98 Å². The molecule has 1 spiro atoms. The highest BCUT2D eigenvalue weighted by atomic mass is 16.6. The van der Waals surface area contributed by atoms with Crippen molar-refractivity contribution < 1.29 is 18.8 Å². The van der Waals surface area contributed by atoms with Gasteiger partial charge in [-0.25, -0.2) is 4.79 Å². The van der Waals surface area contributed by atoms with Crippen LogP contribution in [0.15, 0.2) is 34.9 Å². The fraction of sp³-hybridized carbons (Fsp3) is 0.474. The molecular weight excluding hydrogens is 348 g/mol. The van der Waals surface area contributed by atoms with Crippen molar-refractivity contribution in [2.75, 3.05) is 26.7 Å². The SMILES string of the molecule is CN1CC2(CCN(C(=O)CCc3nc(-c4ccccc4)no3)CC2)OC1=O. The van der Waals surface area contributed by atoms with Crippen LogP contribution in [-0.4, -0.2) is 64.2 Å². The van der Waals surface area contributed by atoms with Crippen LogP contribution in [0.3, 0.4) is 0 Å². The Labute approximate surface area is 157 Å². The molecule has 0 aliphatic carbocycles. The van der Waals surface area contributed by atoms with Crippen molar-refractivity contribution in [2.45, 2.75) is 31.3 Å². The summed E-state index contributed by atoms with van der Waals surface area (Å²) in [7, 11) is 1.74. The Morgan fingerprint density at radius 2 is 1.96 bits per heavy atom. The van der Waals surface area contributed by atoms with Crippen LogP contribution in [0.4, 0.5) is 4.79 Å². The van der Waals surface area contributed by atoms with Crippen LogP contribution >= 0.6 is 0 Å². The lowest BCUT2D eigenvalue weighted by Gasteiger charge is -2.37. The largest absolute Gasteiger partial charge is 0.441 e. The first-order valence-electron chi connectivity index (χ1n) is 9.15. The molecule has 0 saturated carbocycles. The van der Waals surface area contributed by atoms with Crippen LogP contribution in [-0.2, 0) is 16.0 Å². The second kappa shape index (κ2) is 7.02. The number of amides is 2. The van der Waals surface area contributed by atoms with Crippen LogP contribution in [0.5, 0.6) is 0 Å². The molecule has 2 aliphatic rings. The molecule has 142 valence electrons. The molecule has 2 saturated heterocycles. The van der Waals surface area contributed by atoms with Gasteiger partial charge < -0.3 is 19.1 Å². The van der Waals surface area contributed by atoms with Crippen LogP contribution in [0.1, 0.15) is 25.2 Å². The van der Waals surface area contributed by atoms with Crippen LogP contribution in [0.25, 0.3) is 11.4 Å². The number of benzene rings is 1. The number of aryl methyl sites for hydroxylation is 1. The molecule has 8 heteroatoms. The molecule has 0 N–H and O–H groups in total. The smallest absolute Gasteiger partial charge is 0.410 e. The molecule has 3 heterocycles. The molecule has 1 aromatic heterocycles. The van der Waals surface area contributed by atoms with Crippen LogP contribution < -0.4 is 0 Å². The predicted octanol–water partition coefficient (Wildman–Crippen LogP) is 2.11. The highest BCUT2D eigenvalue weighted by Gasteiger charge is 2.46. The van der Waals surface area contributed by atoms with Gasteiger partial charge in [-0.1, -0.05) is 35.5 Å². The minimum atomic E-state index is -0.431. The molecular formula is C19H22N4O4. The zero-order valence-electron chi connectivity index (χ0n) is 15.3. The van der Waals surface area contributed by atoms with Gasteiger partial charge in [0.25, 0.3) is 0 Å². The van der Waals surface area contributed by atoms with E-state index in [2.05, 4.69) is 10.1 Å². The van der Waals surface area contributed by atoms with Gasteiger partial charge in [-0.15, -0.1) is 0 Å². The summed E-state index contributed by atoms with van der Waals surface area (Å²) < 4.78 is 10.8. The van der Waals surface area contributed by atoms with Gasteiger partial charge in [0.15, 0.2) is 0 Å². The lowest BCUT2D eigenvalue weighted by Crippen LogP contribution is -2.48. The summed E-state index contributed by atoms with van der Waals surface area (Å²) in [5.74, 6) is 1.05. The third-order valence-electron chi connectivity index (χ3n) is 5.22. The van der Waals surface area contributed by atoms with Crippen molar-refractivity contribution in [3.8, 4) is 11.4 Å². The zero-order valence-corrected chi connectivity index (χ0v) is 15.3. The normalized spacial score (nSPS) is 18.8. The lowest BCUT2D eigenvalue weighted by atomic mass is 9.91. The summed E-state index contributed by atoms with van der Waals surface area (Å²) in [5.41, 5.74) is 0.455. The van der Waals surface area contributed by atoms with Gasteiger partial charge in [-0.3, -0.25) is 4.79 Å². The quantitative estimate of drug-likeness (QED) is 0.819. The number of ether oxygens (including phenoxy) is 1. The number of rotatable bonds is 4. The summed E-state index contributed by atoms with van der Waals surface area (Å²) >= 11 is 0. The van der Waals surface area contributed by atoms with Gasteiger partial charge in [0.2, 0.25) is 17.6 Å². The van der Waals surface area contributed by atoms with Gasteiger partial charge in [0, 0.05) is 51.4 Å². The minimum absolute atomic E-state index is 0.0574. The number of nitrogens with zero attached hydrogens (tertiary/aromatic N) is 4.